The van der Waals surface area contributed by atoms with Crippen LogP contribution in [0.3, 0.4) is 0 Å². The molecule has 0 unspecified atom stereocenters. The Labute approximate surface area is 230 Å². The van der Waals surface area contributed by atoms with Crippen LogP contribution in [0, 0.1) is 0 Å². The van der Waals surface area contributed by atoms with Gasteiger partial charge in [0.25, 0.3) is 0 Å². The van der Waals surface area contributed by atoms with E-state index in [9.17, 15) is 0 Å². The van der Waals surface area contributed by atoms with Crippen LogP contribution in [0.1, 0.15) is 0 Å². The molecule has 6 aromatic rings. The minimum atomic E-state index is 1.04. The third-order valence-corrected chi connectivity index (χ3v) is 6.58. The molecular formula is C36H29N3. The Morgan fingerprint density at radius 3 is 1.08 bits per heavy atom. The molecule has 188 valence electrons. The van der Waals surface area contributed by atoms with E-state index in [1.807, 2.05) is 30.3 Å². The van der Waals surface area contributed by atoms with E-state index < -0.39 is 0 Å². The van der Waals surface area contributed by atoms with Crippen molar-refractivity contribution in [2.24, 2.45) is 0 Å². The predicted octanol–water partition coefficient (Wildman–Crippen LogP) is 10.4. The van der Waals surface area contributed by atoms with Crippen molar-refractivity contribution in [1.29, 1.82) is 0 Å². The lowest BCUT2D eigenvalue weighted by atomic mass is 10.1. The van der Waals surface area contributed by atoms with Crippen molar-refractivity contribution in [1.82, 2.24) is 0 Å². The van der Waals surface area contributed by atoms with Gasteiger partial charge < -0.3 is 15.1 Å². The van der Waals surface area contributed by atoms with E-state index in [0.29, 0.717) is 0 Å². The number of anilines is 8. The van der Waals surface area contributed by atoms with Crippen LogP contribution < -0.4 is 15.1 Å². The maximum Gasteiger partial charge on any atom is 0.0482 e. The summed E-state index contributed by atoms with van der Waals surface area (Å²) in [4.78, 5) is 4.57. The zero-order valence-electron chi connectivity index (χ0n) is 21.6. The topological polar surface area (TPSA) is 18.5 Å². The number of benzene rings is 6. The Kier molecular flexibility index (Phi) is 7.04. The van der Waals surface area contributed by atoms with Crippen molar-refractivity contribution in [3.05, 3.63) is 170 Å². The normalized spacial score (nSPS) is 10.6. The van der Waals surface area contributed by atoms with Crippen LogP contribution in [0.5, 0.6) is 0 Å². The van der Waals surface area contributed by atoms with Gasteiger partial charge in [0, 0.05) is 45.5 Å². The number of hydrogen-bond acceptors (Lipinski definition) is 3. The van der Waals surface area contributed by atoms with Crippen molar-refractivity contribution >= 4 is 45.5 Å². The minimum absolute atomic E-state index is 1.04. The molecular weight excluding hydrogens is 474 g/mol. The molecule has 0 saturated carbocycles. The number of rotatable bonds is 8. The average molecular weight is 504 g/mol. The number of para-hydroxylation sites is 4. The molecule has 0 spiro atoms. The minimum Gasteiger partial charge on any atom is -0.355 e. The second kappa shape index (κ2) is 11.4. The Hall–Kier alpha value is -5.28. The molecule has 6 rings (SSSR count). The van der Waals surface area contributed by atoms with E-state index in [1.54, 1.807) is 0 Å². The largest absolute Gasteiger partial charge is 0.355 e. The average Bonchev–Trinajstić information content (AvgIpc) is 3.01. The van der Waals surface area contributed by atoms with E-state index in [0.717, 1.165) is 45.5 Å². The highest BCUT2D eigenvalue weighted by Gasteiger charge is 2.16. The molecule has 0 fully saturated rings. The third kappa shape index (κ3) is 5.53. The first-order valence-corrected chi connectivity index (χ1v) is 13.1. The van der Waals surface area contributed by atoms with Gasteiger partial charge in [-0.25, -0.2) is 0 Å². The van der Waals surface area contributed by atoms with E-state index in [2.05, 4.69) is 155 Å². The smallest absolute Gasteiger partial charge is 0.0482 e. The van der Waals surface area contributed by atoms with Gasteiger partial charge in [0.15, 0.2) is 0 Å². The molecule has 3 heteroatoms. The number of hydrogen-bond donors (Lipinski definition) is 1. The van der Waals surface area contributed by atoms with Gasteiger partial charge in [0.1, 0.15) is 0 Å². The highest BCUT2D eigenvalue weighted by Crippen LogP contribution is 2.39. The summed E-state index contributed by atoms with van der Waals surface area (Å²) in [5.41, 5.74) is 8.71. The van der Waals surface area contributed by atoms with Gasteiger partial charge in [0.05, 0.1) is 0 Å². The standard InChI is InChI=1S/C36H29N3/c1-5-14-29(15-6-1)37-30-16-13-23-36(28-30)39(33-21-11-4-12-22-33)35-26-24-34(25-27-35)38(31-17-7-2-8-18-31)32-19-9-3-10-20-32/h1-28,37H. The molecule has 39 heavy (non-hydrogen) atoms. The summed E-state index contributed by atoms with van der Waals surface area (Å²) in [7, 11) is 0. The van der Waals surface area contributed by atoms with E-state index >= 15 is 0 Å². The monoisotopic (exact) mass is 503 g/mol. The second-order valence-electron chi connectivity index (χ2n) is 9.24. The summed E-state index contributed by atoms with van der Waals surface area (Å²) in [6.07, 6.45) is 0. The molecule has 1 N–H and O–H groups in total. The maximum absolute atomic E-state index is 3.53. The molecule has 3 nitrogen and oxygen atoms in total. The Balaban J connectivity index is 1.38. The van der Waals surface area contributed by atoms with Crippen LogP contribution in [-0.4, -0.2) is 0 Å². The summed E-state index contributed by atoms with van der Waals surface area (Å²) in [6.45, 7) is 0. The first kappa shape index (κ1) is 24.1. The predicted molar refractivity (Wildman–Crippen MR) is 166 cm³/mol. The molecule has 0 amide bonds. The van der Waals surface area contributed by atoms with Crippen LogP contribution in [0.4, 0.5) is 45.5 Å². The van der Waals surface area contributed by atoms with E-state index in [-0.39, 0.29) is 0 Å². The van der Waals surface area contributed by atoms with Gasteiger partial charge in [-0.3, -0.25) is 0 Å². The van der Waals surface area contributed by atoms with Crippen molar-refractivity contribution < 1.29 is 0 Å². The summed E-state index contributed by atoms with van der Waals surface area (Å²) in [5.74, 6) is 0. The lowest BCUT2D eigenvalue weighted by Gasteiger charge is -2.28. The fourth-order valence-electron chi connectivity index (χ4n) is 4.79. The van der Waals surface area contributed by atoms with Gasteiger partial charge in [-0.15, -0.1) is 0 Å². The number of nitrogens with one attached hydrogen (secondary N) is 1. The second-order valence-corrected chi connectivity index (χ2v) is 9.24. The van der Waals surface area contributed by atoms with E-state index in [1.165, 1.54) is 0 Å². The van der Waals surface area contributed by atoms with Crippen molar-refractivity contribution in [3.63, 3.8) is 0 Å². The van der Waals surface area contributed by atoms with Crippen LogP contribution in [0.15, 0.2) is 170 Å². The first-order valence-electron chi connectivity index (χ1n) is 13.1. The van der Waals surface area contributed by atoms with Gasteiger partial charge in [0.2, 0.25) is 0 Å². The molecule has 0 aromatic heterocycles. The van der Waals surface area contributed by atoms with Crippen LogP contribution >= 0.6 is 0 Å². The van der Waals surface area contributed by atoms with Gasteiger partial charge >= 0.3 is 0 Å². The SMILES string of the molecule is c1ccc(Nc2cccc(N(c3ccccc3)c3ccc(N(c4ccccc4)c4ccccc4)cc3)c2)cc1. The van der Waals surface area contributed by atoms with Gasteiger partial charge in [-0.05, 0) is 91.0 Å². The zero-order valence-corrected chi connectivity index (χ0v) is 21.6. The Bertz CT molecular complexity index is 1560. The fraction of sp³-hybridized carbons (Fsp3) is 0. The maximum atomic E-state index is 3.53. The van der Waals surface area contributed by atoms with Crippen molar-refractivity contribution in [2.75, 3.05) is 15.1 Å². The van der Waals surface area contributed by atoms with Gasteiger partial charge in [-0.2, -0.15) is 0 Å². The molecule has 0 aliphatic carbocycles. The Morgan fingerprint density at radius 1 is 0.282 bits per heavy atom. The molecule has 6 aromatic carbocycles. The Morgan fingerprint density at radius 2 is 0.615 bits per heavy atom. The highest BCUT2D eigenvalue weighted by molar-refractivity contribution is 5.82. The molecule has 0 bridgehead atoms. The third-order valence-electron chi connectivity index (χ3n) is 6.58. The van der Waals surface area contributed by atoms with Gasteiger partial charge in [-0.1, -0.05) is 78.9 Å². The zero-order chi connectivity index (χ0) is 26.3. The van der Waals surface area contributed by atoms with Crippen molar-refractivity contribution in [2.45, 2.75) is 0 Å². The summed E-state index contributed by atoms with van der Waals surface area (Å²) in [6, 6.07) is 59.0. The molecule has 0 radical (unpaired) electrons. The van der Waals surface area contributed by atoms with Crippen LogP contribution in [0.2, 0.25) is 0 Å². The van der Waals surface area contributed by atoms with Crippen LogP contribution in [0.25, 0.3) is 0 Å². The quantitative estimate of drug-likeness (QED) is 0.223. The fourth-order valence-corrected chi connectivity index (χ4v) is 4.79. The molecule has 0 aliphatic heterocycles. The molecule has 0 heterocycles. The highest BCUT2D eigenvalue weighted by atomic mass is 15.2. The number of nitrogens with zero attached hydrogens (tertiary/aromatic N) is 2. The van der Waals surface area contributed by atoms with Crippen LogP contribution in [-0.2, 0) is 0 Å². The van der Waals surface area contributed by atoms with Crippen molar-refractivity contribution in [3.8, 4) is 0 Å². The molecule has 0 atom stereocenters. The van der Waals surface area contributed by atoms with E-state index in [4.69, 9.17) is 0 Å². The molecule has 0 saturated heterocycles. The lowest BCUT2D eigenvalue weighted by Crippen LogP contribution is -2.12. The summed E-state index contributed by atoms with van der Waals surface area (Å²) >= 11 is 0. The lowest BCUT2D eigenvalue weighted by molar-refractivity contribution is 1.26. The molecule has 0 aliphatic rings. The summed E-state index contributed by atoms with van der Waals surface area (Å²) < 4.78 is 0. The first-order chi connectivity index (χ1) is 19.3. The summed E-state index contributed by atoms with van der Waals surface area (Å²) in [5, 5.41) is 3.53.